The molecule has 9 heteroatoms. The van der Waals surface area contributed by atoms with Crippen LogP contribution in [0.1, 0.15) is 35.9 Å². The number of fused-ring (bicyclic) bond motifs is 1. The summed E-state index contributed by atoms with van der Waals surface area (Å²) in [7, 11) is 0. The minimum absolute atomic E-state index is 0.00817. The number of aldehydes is 1. The molecule has 0 aliphatic heterocycles. The topological polar surface area (TPSA) is 111 Å². The average Bonchev–Trinajstić information content (AvgIpc) is 3.02. The summed E-state index contributed by atoms with van der Waals surface area (Å²) in [6, 6.07) is 3.03. The van der Waals surface area contributed by atoms with Crippen LogP contribution in [-0.2, 0) is 11.3 Å². The molecular weight excluding hydrogens is 324 g/mol. The molecule has 3 rings (SSSR count). The second-order valence-electron chi connectivity index (χ2n) is 5.77. The van der Waals surface area contributed by atoms with E-state index in [0.717, 1.165) is 4.68 Å². The predicted octanol–water partition coefficient (Wildman–Crippen LogP) is 0.861. The molecule has 3 heterocycles. The fourth-order valence-corrected chi connectivity index (χ4v) is 2.44. The molecule has 25 heavy (non-hydrogen) atoms. The maximum Gasteiger partial charge on any atom is 0.291 e. The molecule has 0 fully saturated rings. The number of rotatable bonds is 5. The van der Waals surface area contributed by atoms with Gasteiger partial charge in [0.2, 0.25) is 5.91 Å². The highest BCUT2D eigenvalue weighted by Crippen LogP contribution is 2.14. The summed E-state index contributed by atoms with van der Waals surface area (Å²) < 4.78 is 2.69. The van der Waals surface area contributed by atoms with Gasteiger partial charge < -0.3 is 5.32 Å². The third-order valence-corrected chi connectivity index (χ3v) is 3.56. The van der Waals surface area contributed by atoms with Crippen molar-refractivity contribution < 1.29 is 9.59 Å². The molecule has 0 atom stereocenters. The van der Waals surface area contributed by atoms with Crippen LogP contribution < -0.4 is 10.9 Å². The van der Waals surface area contributed by atoms with Crippen molar-refractivity contribution in [1.82, 2.24) is 24.1 Å². The lowest BCUT2D eigenvalue weighted by atomic mass is 10.2. The van der Waals surface area contributed by atoms with Crippen molar-refractivity contribution in [1.29, 1.82) is 0 Å². The van der Waals surface area contributed by atoms with Gasteiger partial charge in [-0.1, -0.05) is 13.8 Å². The first-order chi connectivity index (χ1) is 12.0. The van der Waals surface area contributed by atoms with E-state index in [4.69, 9.17) is 0 Å². The van der Waals surface area contributed by atoms with Gasteiger partial charge in [0.05, 0.1) is 0 Å². The van der Waals surface area contributed by atoms with Gasteiger partial charge in [0.15, 0.2) is 6.29 Å². The minimum Gasteiger partial charge on any atom is -0.309 e. The summed E-state index contributed by atoms with van der Waals surface area (Å²) in [5.74, 6) is 0.474. The van der Waals surface area contributed by atoms with Crippen molar-refractivity contribution in [3.8, 4) is 0 Å². The Bertz CT molecular complexity index is 990. The summed E-state index contributed by atoms with van der Waals surface area (Å²) in [5, 5.41) is 6.86. The lowest BCUT2D eigenvalue weighted by Gasteiger charge is -2.12. The van der Waals surface area contributed by atoms with Gasteiger partial charge in [-0.05, 0) is 12.1 Å². The van der Waals surface area contributed by atoms with E-state index in [1.54, 1.807) is 16.7 Å². The first kappa shape index (κ1) is 16.5. The minimum atomic E-state index is -0.449. The smallest absolute Gasteiger partial charge is 0.291 e. The van der Waals surface area contributed by atoms with E-state index in [0.29, 0.717) is 29.0 Å². The Morgan fingerprint density at radius 2 is 2.20 bits per heavy atom. The van der Waals surface area contributed by atoms with Crippen molar-refractivity contribution in [2.75, 3.05) is 5.32 Å². The van der Waals surface area contributed by atoms with E-state index in [1.807, 2.05) is 13.8 Å². The van der Waals surface area contributed by atoms with Crippen LogP contribution in [0.15, 0.2) is 35.6 Å². The predicted molar refractivity (Wildman–Crippen MR) is 89.6 cm³/mol. The molecule has 0 spiro atoms. The van der Waals surface area contributed by atoms with Crippen LogP contribution in [0.2, 0.25) is 0 Å². The van der Waals surface area contributed by atoms with Crippen LogP contribution in [0.5, 0.6) is 0 Å². The Balaban J connectivity index is 1.98. The molecule has 1 amide bonds. The summed E-state index contributed by atoms with van der Waals surface area (Å²) >= 11 is 0. The van der Waals surface area contributed by atoms with Crippen LogP contribution in [0.25, 0.3) is 5.52 Å². The quantitative estimate of drug-likeness (QED) is 0.690. The highest BCUT2D eigenvalue weighted by atomic mass is 16.2. The van der Waals surface area contributed by atoms with Crippen LogP contribution in [0, 0.1) is 0 Å². The van der Waals surface area contributed by atoms with Crippen molar-refractivity contribution in [2.24, 2.45) is 0 Å². The van der Waals surface area contributed by atoms with Crippen LogP contribution >= 0.6 is 0 Å². The van der Waals surface area contributed by atoms with Gasteiger partial charge in [-0.25, -0.2) is 14.6 Å². The number of hydrogen-bond acceptors (Lipinski definition) is 6. The van der Waals surface area contributed by atoms with Gasteiger partial charge >= 0.3 is 0 Å². The summed E-state index contributed by atoms with van der Waals surface area (Å²) in [6.07, 6.45) is 5.04. The number of carbonyl (C=O) groups excluding carboxylic acids is 2. The third-order valence-electron chi connectivity index (χ3n) is 3.56. The van der Waals surface area contributed by atoms with Crippen molar-refractivity contribution in [2.45, 2.75) is 26.3 Å². The molecule has 0 saturated heterocycles. The van der Waals surface area contributed by atoms with E-state index < -0.39 is 11.5 Å². The molecule has 3 aromatic rings. The fourth-order valence-electron chi connectivity index (χ4n) is 2.44. The summed E-state index contributed by atoms with van der Waals surface area (Å²) in [5.41, 5.74) is 0.231. The zero-order valence-corrected chi connectivity index (χ0v) is 13.7. The van der Waals surface area contributed by atoms with Gasteiger partial charge in [0, 0.05) is 23.9 Å². The fraction of sp³-hybridized carbons (Fsp3) is 0.250. The number of nitrogens with zero attached hydrogens (tertiary/aromatic N) is 5. The van der Waals surface area contributed by atoms with E-state index in [2.05, 4.69) is 20.4 Å². The molecular formula is C16H16N6O3. The zero-order chi connectivity index (χ0) is 18.0. The van der Waals surface area contributed by atoms with Gasteiger partial charge in [0.25, 0.3) is 5.56 Å². The maximum atomic E-state index is 12.6. The molecule has 0 aliphatic rings. The zero-order valence-electron chi connectivity index (χ0n) is 13.7. The molecule has 9 nitrogen and oxygen atoms in total. The number of nitrogens with one attached hydrogen (secondary N) is 1. The first-order valence-corrected chi connectivity index (χ1v) is 7.63. The van der Waals surface area contributed by atoms with E-state index in [1.165, 1.54) is 18.6 Å². The lowest BCUT2D eigenvalue weighted by Crippen LogP contribution is -2.32. The largest absolute Gasteiger partial charge is 0.309 e. The molecule has 0 aromatic carbocycles. The second-order valence-corrected chi connectivity index (χ2v) is 5.77. The maximum absolute atomic E-state index is 12.6. The SMILES string of the molecule is CC(C)c1nn(CC(=O)Nc2ccncn2)c(=O)c2cc(C=O)cn12. The van der Waals surface area contributed by atoms with E-state index in [-0.39, 0.29) is 12.5 Å². The summed E-state index contributed by atoms with van der Waals surface area (Å²) in [6.45, 7) is 3.57. The molecule has 1 N–H and O–H groups in total. The van der Waals surface area contributed by atoms with Gasteiger partial charge in [-0.2, -0.15) is 5.10 Å². The molecule has 0 aliphatic carbocycles. The van der Waals surface area contributed by atoms with Crippen molar-refractivity contribution in [3.63, 3.8) is 0 Å². The highest BCUT2D eigenvalue weighted by Gasteiger charge is 2.16. The van der Waals surface area contributed by atoms with Crippen molar-refractivity contribution in [3.05, 3.63) is 52.6 Å². The Morgan fingerprint density at radius 1 is 1.40 bits per heavy atom. The van der Waals surface area contributed by atoms with Crippen LogP contribution in [0.4, 0.5) is 5.82 Å². The molecule has 128 valence electrons. The third kappa shape index (κ3) is 3.30. The number of anilines is 1. The van der Waals surface area contributed by atoms with Crippen LogP contribution in [-0.4, -0.2) is 36.3 Å². The van der Waals surface area contributed by atoms with Gasteiger partial charge in [-0.15, -0.1) is 0 Å². The Labute approximate surface area is 142 Å². The second kappa shape index (κ2) is 6.63. The normalized spacial score (nSPS) is 11.0. The standard InChI is InChI=1S/C16H16N6O3/c1-10(2)15-20-22(7-14(24)19-13-3-4-17-9-18-13)16(25)12-5-11(8-23)6-21(12)15/h3-6,8-10H,7H2,1-2H3,(H,17,18,19,24). The Kier molecular flexibility index (Phi) is 4.38. The number of aromatic nitrogens is 5. The molecule has 0 bridgehead atoms. The highest BCUT2D eigenvalue weighted by molar-refractivity contribution is 5.89. The Morgan fingerprint density at radius 3 is 2.84 bits per heavy atom. The average molecular weight is 340 g/mol. The first-order valence-electron chi connectivity index (χ1n) is 7.63. The van der Waals surface area contributed by atoms with E-state index in [9.17, 15) is 14.4 Å². The van der Waals surface area contributed by atoms with Crippen LogP contribution in [0.3, 0.4) is 0 Å². The van der Waals surface area contributed by atoms with E-state index >= 15 is 0 Å². The van der Waals surface area contributed by atoms with Gasteiger partial charge in [-0.3, -0.25) is 18.8 Å². The lowest BCUT2D eigenvalue weighted by molar-refractivity contribution is -0.117. The molecule has 3 aromatic heterocycles. The molecule has 0 saturated carbocycles. The number of carbonyl (C=O) groups is 2. The Hall–Kier alpha value is -3.36. The van der Waals surface area contributed by atoms with Gasteiger partial charge in [0.1, 0.15) is 30.0 Å². The molecule has 0 radical (unpaired) electrons. The molecule has 0 unspecified atom stereocenters. The monoisotopic (exact) mass is 340 g/mol. The van der Waals surface area contributed by atoms with Crippen molar-refractivity contribution >= 4 is 23.5 Å². The number of amides is 1. The number of hydrogen-bond donors (Lipinski definition) is 1. The summed E-state index contributed by atoms with van der Waals surface area (Å²) in [4.78, 5) is 43.4.